The molecule has 6 N–H and O–H groups in total. The topological polar surface area (TPSA) is 163 Å². The second-order valence-electron chi connectivity index (χ2n) is 6.32. The number of hydrazone groups is 1. The molecule has 1 fully saturated rings. The number of anilines is 2. The first-order valence-corrected chi connectivity index (χ1v) is 10.2. The third-order valence-electron chi connectivity index (χ3n) is 3.63. The minimum atomic E-state index is -3.79. The zero-order chi connectivity index (χ0) is 20.0. The Morgan fingerprint density at radius 2 is 2.00 bits per heavy atom. The summed E-state index contributed by atoms with van der Waals surface area (Å²) < 4.78 is 26.1. The van der Waals surface area contributed by atoms with Gasteiger partial charge in [0.25, 0.3) is 5.91 Å². The molecule has 0 aliphatic heterocycles. The first-order valence-electron chi connectivity index (χ1n) is 8.39. The van der Waals surface area contributed by atoms with Crippen LogP contribution in [0.1, 0.15) is 50.0 Å². The second-order valence-corrected chi connectivity index (χ2v) is 8.10. The van der Waals surface area contributed by atoms with Gasteiger partial charge in [-0.2, -0.15) is 23.1 Å². The molecule has 27 heavy (non-hydrogen) atoms. The van der Waals surface area contributed by atoms with E-state index in [9.17, 15) is 13.2 Å². The number of nitrogens with one attached hydrogen (secondary N) is 4. The van der Waals surface area contributed by atoms with Crippen LogP contribution in [0.3, 0.4) is 0 Å². The molecule has 0 atom stereocenters. The van der Waals surface area contributed by atoms with E-state index in [-0.39, 0.29) is 34.6 Å². The molecule has 0 bridgehead atoms. The molecule has 11 nitrogen and oxygen atoms in total. The summed E-state index contributed by atoms with van der Waals surface area (Å²) in [7, 11) is -3.79. The highest BCUT2D eigenvalue weighted by molar-refractivity contribution is 7.87. The summed E-state index contributed by atoms with van der Waals surface area (Å²) in [4.78, 5) is 22.0. The van der Waals surface area contributed by atoms with Gasteiger partial charge in [-0.3, -0.25) is 4.79 Å². The van der Waals surface area contributed by atoms with Crippen molar-refractivity contribution in [2.45, 2.75) is 51.6 Å². The lowest BCUT2D eigenvalue weighted by atomic mass is 10.3. The Balaban J connectivity index is 1.93. The van der Waals surface area contributed by atoms with Gasteiger partial charge in [-0.05, 0) is 26.7 Å². The van der Waals surface area contributed by atoms with Crippen LogP contribution in [0.2, 0.25) is 5.15 Å². The van der Waals surface area contributed by atoms with Gasteiger partial charge in [0.05, 0.1) is 0 Å². The molecule has 1 aromatic rings. The van der Waals surface area contributed by atoms with E-state index in [1.54, 1.807) is 0 Å². The predicted octanol–water partition coefficient (Wildman–Crippen LogP) is 0.572. The fraction of sp³-hybridized carbons (Fsp3) is 0.571. The minimum absolute atomic E-state index is 0.0125. The second kappa shape index (κ2) is 9.15. The van der Waals surface area contributed by atoms with Gasteiger partial charge in [-0.25, -0.2) is 9.97 Å². The van der Waals surface area contributed by atoms with Crippen LogP contribution in [-0.4, -0.2) is 42.7 Å². The summed E-state index contributed by atoms with van der Waals surface area (Å²) in [6.45, 7) is 3.77. The van der Waals surface area contributed by atoms with Gasteiger partial charge >= 0.3 is 10.2 Å². The summed E-state index contributed by atoms with van der Waals surface area (Å²) in [5, 5.41) is 8.65. The molecular weight excluding hydrogens is 396 g/mol. The number of aromatic nitrogens is 2. The van der Waals surface area contributed by atoms with E-state index < -0.39 is 16.1 Å². The maximum absolute atomic E-state index is 12.1. The zero-order valence-corrected chi connectivity index (χ0v) is 16.6. The highest BCUT2D eigenvalue weighted by atomic mass is 35.5. The van der Waals surface area contributed by atoms with Gasteiger partial charge in [0.2, 0.25) is 0 Å². The highest BCUT2D eigenvalue weighted by Gasteiger charge is 2.21. The average molecular weight is 419 g/mol. The molecule has 1 amide bonds. The van der Waals surface area contributed by atoms with Crippen LogP contribution in [0.15, 0.2) is 5.10 Å². The number of hydrogen-bond acceptors (Lipinski definition) is 8. The molecule has 1 aliphatic carbocycles. The number of nitrogens with zero attached hydrogens (tertiary/aromatic N) is 3. The van der Waals surface area contributed by atoms with Crippen molar-refractivity contribution in [3.63, 3.8) is 0 Å². The molecule has 13 heteroatoms. The molecule has 1 saturated carbocycles. The van der Waals surface area contributed by atoms with Gasteiger partial charge < -0.3 is 16.4 Å². The predicted molar refractivity (Wildman–Crippen MR) is 104 cm³/mol. The van der Waals surface area contributed by atoms with Gasteiger partial charge in [-0.1, -0.05) is 24.4 Å². The number of carbonyl (C=O) groups is 1. The molecular formula is C14H23ClN8O3S. The third kappa shape index (κ3) is 6.48. The van der Waals surface area contributed by atoms with E-state index in [2.05, 4.69) is 30.4 Å². The summed E-state index contributed by atoms with van der Waals surface area (Å²) in [5.41, 5.74) is 5.53. The number of amides is 1. The summed E-state index contributed by atoms with van der Waals surface area (Å²) in [5.74, 6) is -0.596. The standard InChI is InChI=1S/C14H23ClN8O3S/c1-8(2)19-13-11(15)20-10(12(16)21-13)14(24)17-7-18-23-27(25,26)22-9-5-3-4-6-9/h7-9,22-23H,3-6H2,1-2H3,(H3,16,19,21)(H,17,18,24). The molecule has 0 spiro atoms. The van der Waals surface area contributed by atoms with Crippen LogP contribution in [0.5, 0.6) is 0 Å². The van der Waals surface area contributed by atoms with Crippen molar-refractivity contribution in [1.82, 2.24) is 24.8 Å². The lowest BCUT2D eigenvalue weighted by Gasteiger charge is -2.12. The maximum Gasteiger partial charge on any atom is 0.314 e. The van der Waals surface area contributed by atoms with Crippen molar-refractivity contribution in [3.05, 3.63) is 10.8 Å². The first-order chi connectivity index (χ1) is 12.7. The van der Waals surface area contributed by atoms with Crippen LogP contribution < -0.4 is 25.9 Å². The third-order valence-corrected chi connectivity index (χ3v) is 4.88. The number of halogens is 1. The van der Waals surface area contributed by atoms with Gasteiger partial charge in [0.15, 0.2) is 22.5 Å². The SMILES string of the molecule is CC(C)Nc1nc(N)c(C(=O)N/C=N/NS(=O)(=O)NC2CCCC2)nc1Cl. The molecule has 1 heterocycles. The summed E-state index contributed by atoms with van der Waals surface area (Å²) in [6, 6.07) is -0.0451. The van der Waals surface area contributed by atoms with E-state index in [0.29, 0.717) is 0 Å². The Bertz CT molecular complexity index is 809. The largest absolute Gasteiger partial charge is 0.382 e. The van der Waals surface area contributed by atoms with Crippen molar-refractivity contribution in [2.24, 2.45) is 5.10 Å². The highest BCUT2D eigenvalue weighted by Crippen LogP contribution is 2.21. The van der Waals surface area contributed by atoms with Crippen LogP contribution in [-0.2, 0) is 10.2 Å². The van der Waals surface area contributed by atoms with Crippen molar-refractivity contribution >= 4 is 45.7 Å². The molecule has 0 aromatic carbocycles. The van der Waals surface area contributed by atoms with Crippen LogP contribution in [0.4, 0.5) is 11.6 Å². The Hall–Kier alpha value is -2.18. The van der Waals surface area contributed by atoms with E-state index in [1.807, 2.05) is 18.7 Å². The first kappa shape index (κ1) is 21.1. The summed E-state index contributed by atoms with van der Waals surface area (Å²) >= 11 is 5.99. The minimum Gasteiger partial charge on any atom is -0.382 e. The Morgan fingerprint density at radius 3 is 2.63 bits per heavy atom. The van der Waals surface area contributed by atoms with Gasteiger partial charge in [0, 0.05) is 12.1 Å². The number of carbonyl (C=O) groups excluding carboxylic acids is 1. The van der Waals surface area contributed by atoms with Crippen molar-refractivity contribution in [1.29, 1.82) is 0 Å². The monoisotopic (exact) mass is 418 g/mol. The molecule has 1 aromatic heterocycles. The number of hydrogen-bond donors (Lipinski definition) is 5. The fourth-order valence-electron chi connectivity index (χ4n) is 2.50. The number of nitrogens with two attached hydrogens (primary N) is 1. The average Bonchev–Trinajstić information content (AvgIpc) is 3.06. The lowest BCUT2D eigenvalue weighted by molar-refractivity contribution is 0.0974. The fourth-order valence-corrected chi connectivity index (χ4v) is 3.60. The normalized spacial score (nSPS) is 15.4. The molecule has 0 saturated heterocycles. The summed E-state index contributed by atoms with van der Waals surface area (Å²) in [6.07, 6.45) is 4.45. The van der Waals surface area contributed by atoms with E-state index in [0.717, 1.165) is 32.0 Å². The molecule has 150 valence electrons. The van der Waals surface area contributed by atoms with Crippen LogP contribution in [0.25, 0.3) is 0 Å². The van der Waals surface area contributed by atoms with Crippen molar-refractivity contribution in [3.8, 4) is 0 Å². The Morgan fingerprint density at radius 1 is 1.33 bits per heavy atom. The van der Waals surface area contributed by atoms with Gasteiger partial charge in [-0.15, -0.1) is 0 Å². The van der Waals surface area contributed by atoms with Gasteiger partial charge in [0.1, 0.15) is 6.34 Å². The van der Waals surface area contributed by atoms with E-state index in [1.165, 1.54) is 0 Å². The number of nitrogen functional groups attached to an aromatic ring is 1. The Kier molecular flexibility index (Phi) is 7.16. The quantitative estimate of drug-likeness (QED) is 0.234. The van der Waals surface area contributed by atoms with Crippen molar-refractivity contribution < 1.29 is 13.2 Å². The lowest BCUT2D eigenvalue weighted by Crippen LogP contribution is -2.40. The molecule has 0 unspecified atom stereocenters. The number of rotatable bonds is 8. The zero-order valence-electron chi connectivity index (χ0n) is 15.0. The molecule has 1 aliphatic rings. The van der Waals surface area contributed by atoms with Crippen LogP contribution >= 0.6 is 11.6 Å². The van der Waals surface area contributed by atoms with E-state index in [4.69, 9.17) is 17.3 Å². The molecule has 2 rings (SSSR count). The smallest absolute Gasteiger partial charge is 0.314 e. The molecule has 0 radical (unpaired) electrons. The Labute approximate surface area is 162 Å². The maximum atomic E-state index is 12.1. The van der Waals surface area contributed by atoms with Crippen molar-refractivity contribution in [2.75, 3.05) is 11.1 Å². The van der Waals surface area contributed by atoms with E-state index >= 15 is 0 Å². The van der Waals surface area contributed by atoms with Crippen LogP contribution in [0, 0.1) is 0 Å².